The highest BCUT2D eigenvalue weighted by Gasteiger charge is 2.49. The Kier molecular flexibility index (Phi) is 28.6. The molecule has 4 aromatic carbocycles. The topological polar surface area (TPSA) is 374 Å². The molecule has 2 aliphatic heterocycles. The molecule has 1 saturated heterocycles. The number of benzene rings is 4. The molecule has 1 aliphatic carbocycles. The number of aryl methyl sites for hydroxylation is 1. The van der Waals surface area contributed by atoms with Gasteiger partial charge in [0.1, 0.15) is 48.1 Å². The molecule has 29 nitrogen and oxygen atoms in total. The minimum atomic E-state index is -1.17. The van der Waals surface area contributed by atoms with Gasteiger partial charge in [-0.05, 0) is 128 Å². The zero-order chi connectivity index (χ0) is 76.2. The zero-order valence-corrected chi connectivity index (χ0v) is 61.8. The maximum Gasteiger partial charge on any atom is 0.415 e. The van der Waals surface area contributed by atoms with Gasteiger partial charge < -0.3 is 85.3 Å². The fraction of sp³-hybridized carbons (Fsp3) is 0.453. The number of rotatable bonds is 37. The average Bonchev–Trinajstić information content (AvgIpc) is 1.55. The fourth-order valence-electron chi connectivity index (χ4n) is 12.8. The Hall–Kier alpha value is -10.0. The Morgan fingerprint density at radius 1 is 0.858 bits per heavy atom. The Balaban J connectivity index is 0.765. The molecule has 568 valence electrons. The lowest BCUT2D eigenvalue weighted by Gasteiger charge is -2.32. The first-order chi connectivity index (χ1) is 50.9. The lowest BCUT2D eigenvalue weighted by Crippen LogP contribution is -2.54. The third-order valence-electron chi connectivity index (χ3n) is 18.4. The number of pyridine rings is 1. The number of ether oxygens (including phenoxy) is 5. The van der Waals surface area contributed by atoms with Gasteiger partial charge in [-0.2, -0.15) is 0 Å². The van der Waals surface area contributed by atoms with Crippen molar-refractivity contribution in [2.24, 2.45) is 17.6 Å². The van der Waals surface area contributed by atoms with Crippen molar-refractivity contribution in [1.29, 1.82) is 0 Å². The van der Waals surface area contributed by atoms with Gasteiger partial charge in [-0.3, -0.25) is 33.7 Å². The summed E-state index contributed by atoms with van der Waals surface area (Å²) in [5, 5.41) is 33.3. The lowest BCUT2D eigenvalue weighted by molar-refractivity contribution is -0.139. The van der Waals surface area contributed by atoms with Crippen LogP contribution in [-0.2, 0) is 44.7 Å². The van der Waals surface area contributed by atoms with Gasteiger partial charge in [0.05, 0.1) is 56.2 Å². The number of nitrogens with one attached hydrogen (secondary N) is 5. The van der Waals surface area contributed by atoms with Crippen molar-refractivity contribution in [2.45, 2.75) is 114 Å². The number of phenolic OH excluding ortho intramolecular Hbond substituents is 1. The Morgan fingerprint density at radius 3 is 2.30 bits per heavy atom. The normalized spacial score (nSPS) is 16.0. The molecule has 3 aliphatic rings. The van der Waals surface area contributed by atoms with E-state index in [4.69, 9.17) is 41.0 Å². The third-order valence-corrected chi connectivity index (χ3v) is 20.5. The van der Waals surface area contributed by atoms with E-state index in [2.05, 4.69) is 44.6 Å². The van der Waals surface area contributed by atoms with Crippen LogP contribution >= 0.6 is 23.4 Å². The number of imide groups is 1. The molecule has 5 atom stereocenters. The maximum absolute atomic E-state index is 14.6. The first-order valence-electron chi connectivity index (χ1n) is 35.4. The summed E-state index contributed by atoms with van der Waals surface area (Å²) < 4.78 is 29.9. The number of thioether (sulfide) groups is 1. The van der Waals surface area contributed by atoms with Crippen molar-refractivity contribution in [3.05, 3.63) is 137 Å². The van der Waals surface area contributed by atoms with Gasteiger partial charge in [-0.1, -0.05) is 69.7 Å². The number of likely N-dealkylation sites (tertiary alicyclic amines) is 1. The van der Waals surface area contributed by atoms with Crippen LogP contribution in [0.2, 0.25) is 0 Å². The van der Waals surface area contributed by atoms with Gasteiger partial charge >= 0.3 is 24.3 Å². The number of alkyl carbamates (subject to hydrolysis) is 1. The predicted octanol–water partition coefficient (Wildman–Crippen LogP) is 8.84. The first kappa shape index (κ1) is 80.1. The minimum Gasteiger partial charge on any atom is -0.508 e. The lowest BCUT2D eigenvalue weighted by atomic mass is 9.92. The van der Waals surface area contributed by atoms with Crippen molar-refractivity contribution < 1.29 is 81.8 Å². The molecule has 0 spiro atoms. The summed E-state index contributed by atoms with van der Waals surface area (Å²) >= 11 is 8.27. The fourth-order valence-corrected chi connectivity index (χ4v) is 15.0. The molecule has 9 rings (SSSR count). The molecular weight excluding hydrogens is 1410 g/mol. The number of phenols is 1. The van der Waals surface area contributed by atoms with E-state index in [1.54, 1.807) is 89.8 Å². The molecule has 4 heterocycles. The highest BCUT2D eigenvalue weighted by atomic mass is 35.5. The van der Waals surface area contributed by atoms with E-state index in [9.17, 15) is 58.2 Å². The van der Waals surface area contributed by atoms with Crippen molar-refractivity contribution >= 4 is 117 Å². The van der Waals surface area contributed by atoms with Crippen LogP contribution in [0.3, 0.4) is 0 Å². The van der Waals surface area contributed by atoms with Crippen molar-refractivity contribution in [3.63, 3.8) is 0 Å². The van der Waals surface area contributed by atoms with Crippen LogP contribution in [0.4, 0.5) is 36.2 Å². The summed E-state index contributed by atoms with van der Waals surface area (Å²) in [5.41, 5.74) is 9.49. The van der Waals surface area contributed by atoms with Crippen molar-refractivity contribution in [2.75, 3.05) is 107 Å². The number of aliphatic hydroxyl groups is 1. The maximum atomic E-state index is 14.6. The number of anilines is 3. The molecular formula is C75H93ClN12O17S. The number of hydrogen-bond donors (Lipinski definition) is 8. The van der Waals surface area contributed by atoms with Crippen LogP contribution in [0.1, 0.15) is 116 Å². The van der Waals surface area contributed by atoms with E-state index < -0.39 is 71.2 Å². The number of aromatic nitrogens is 2. The van der Waals surface area contributed by atoms with Crippen LogP contribution in [0.25, 0.3) is 16.4 Å². The van der Waals surface area contributed by atoms with Gasteiger partial charge in [-0.15, -0.1) is 23.4 Å². The van der Waals surface area contributed by atoms with E-state index in [1.807, 2.05) is 38.1 Å². The number of allylic oxidation sites excluding steroid dienone is 1. The molecule has 0 bridgehead atoms. The quantitative estimate of drug-likeness (QED) is 0.00781. The van der Waals surface area contributed by atoms with Gasteiger partial charge in [0.15, 0.2) is 0 Å². The number of urea groups is 1. The highest BCUT2D eigenvalue weighted by Crippen LogP contribution is 2.54. The molecule has 9 N–H and O–H groups in total. The summed E-state index contributed by atoms with van der Waals surface area (Å²) in [6.07, 6.45) is 9.42. The second-order valence-electron chi connectivity index (χ2n) is 26.5. The number of halogens is 1. The number of primary amides is 1. The molecule has 106 heavy (non-hydrogen) atoms. The number of nitrogens with two attached hydrogens (primary N) is 1. The van der Waals surface area contributed by atoms with Gasteiger partial charge in [-0.25, -0.2) is 24.2 Å². The number of amides is 11. The van der Waals surface area contributed by atoms with Crippen LogP contribution in [-0.4, -0.2) is 208 Å². The van der Waals surface area contributed by atoms with E-state index in [0.717, 1.165) is 42.2 Å². The van der Waals surface area contributed by atoms with E-state index >= 15 is 0 Å². The molecule has 11 amide bonds. The van der Waals surface area contributed by atoms with E-state index in [-0.39, 0.29) is 150 Å². The number of hydrogen-bond acceptors (Lipinski definition) is 19. The number of fused-ring (bicyclic) bond motifs is 4. The standard InChI is InChI=1S/C75H93ClN12O17S/c1-7-26-75(27-8-2,51-18-19-51)106-60-40-62(91)87(70(60)96)32-35-102-37-38-103-72(98)83-65(46(3)4)68(94)82-56(13-10-28-78-71(77)97)67(93)79-52-20-14-48(15-21-52)45-104-73(99)84(6)29-30-85(31-34-101-36-33-89)74(100)105-59-39-58-64(63-47(5)11-9-12-55(59)63)50(41-76)42-88(58)69(95)57-44-86-43-53(22-25-61(86)81-57)80-66(92)49-16-23-54(90)24-17-49/h7,9,11-12,14-17,20-26,39,43-44,46,50-51,56,60,65,89-90H,8,10,13,18-19,27-38,40-42,45H2,1-6H3,(H,79,93)(H,80,92)(H,82,94)(H,83,98)(H3,77,78,97)/b26-7-/t50-,56+,60?,65+,75?/m1/s1. The SMILES string of the molecule is C/C=C\C(CCC)(SC1CC(=O)N(CCOCCOC(=O)N[C@H](C(=O)N[C@@H](CCCNC(N)=O)C(=O)Nc2ccc(COC(=O)N(C)CCN(CCOCCO)C(=O)Oc3cc4c(c5c(C)cccc35)[C@H](CCl)CN4C(=O)c3cn4cc(NC(=O)c5ccc(O)cc5)ccc4n3)cc2)C(C)C)C1=O)C1CC1. The highest BCUT2D eigenvalue weighted by molar-refractivity contribution is 8.02. The zero-order valence-electron chi connectivity index (χ0n) is 60.3. The summed E-state index contributed by atoms with van der Waals surface area (Å²) in [7, 11) is 1.49. The number of aliphatic hydroxyl groups excluding tert-OH is 1. The number of likely N-dealkylation sites (N-methyl/N-ethyl adjacent to an activating group) is 1. The second kappa shape index (κ2) is 37.8. The van der Waals surface area contributed by atoms with Crippen LogP contribution < -0.4 is 42.0 Å². The predicted molar refractivity (Wildman–Crippen MR) is 399 cm³/mol. The van der Waals surface area contributed by atoms with Gasteiger partial charge in [0.2, 0.25) is 23.6 Å². The molecule has 1 saturated carbocycles. The Morgan fingerprint density at radius 2 is 1.60 bits per heavy atom. The molecule has 2 unspecified atom stereocenters. The first-order valence-corrected chi connectivity index (χ1v) is 36.8. The molecule has 0 radical (unpaired) electrons. The van der Waals surface area contributed by atoms with E-state index in [1.165, 1.54) is 46.0 Å². The molecule has 31 heteroatoms. The number of imidazole rings is 1. The Bertz CT molecular complexity index is 4180. The molecule has 6 aromatic rings. The van der Waals surface area contributed by atoms with Crippen molar-refractivity contribution in [1.82, 2.24) is 40.0 Å². The number of nitrogens with zero attached hydrogens (tertiary/aromatic N) is 6. The molecule has 2 aromatic heterocycles. The van der Waals surface area contributed by atoms with Crippen LogP contribution in [0, 0.1) is 18.8 Å². The van der Waals surface area contributed by atoms with Crippen molar-refractivity contribution in [3.8, 4) is 11.5 Å². The number of carbonyl (C=O) groups is 10. The van der Waals surface area contributed by atoms with Crippen LogP contribution in [0.15, 0.2) is 109 Å². The Labute approximate surface area is 623 Å². The smallest absolute Gasteiger partial charge is 0.415 e. The summed E-state index contributed by atoms with van der Waals surface area (Å²) in [6, 6.07) is 19.6. The number of aromatic hydroxyl groups is 1. The summed E-state index contributed by atoms with van der Waals surface area (Å²) in [6.45, 7) is 8.93. The largest absolute Gasteiger partial charge is 0.508 e. The summed E-state index contributed by atoms with van der Waals surface area (Å²) in [4.78, 5) is 144. The van der Waals surface area contributed by atoms with Gasteiger partial charge in [0.25, 0.3) is 11.8 Å². The van der Waals surface area contributed by atoms with Gasteiger partial charge in [0, 0.05) is 97.8 Å². The van der Waals surface area contributed by atoms with Crippen LogP contribution in [0.5, 0.6) is 11.5 Å². The van der Waals surface area contributed by atoms with E-state index in [0.29, 0.717) is 45.1 Å². The monoisotopic (exact) mass is 1500 g/mol. The average molecular weight is 1500 g/mol. The third kappa shape index (κ3) is 20.9. The second-order valence-corrected chi connectivity index (χ2v) is 28.4. The minimum absolute atomic E-state index is 0.000337. The number of alkyl halides is 1. The molecule has 2 fully saturated rings. The number of carbonyl (C=O) groups excluding carboxylic acids is 10. The summed E-state index contributed by atoms with van der Waals surface area (Å²) in [5.74, 6) is -2.65.